The summed E-state index contributed by atoms with van der Waals surface area (Å²) in [6.07, 6.45) is 10.1. The molecule has 6 rings (SSSR count). The van der Waals surface area contributed by atoms with E-state index in [0.29, 0.717) is 40.7 Å². The molecule has 8 atom stereocenters. The van der Waals surface area contributed by atoms with E-state index in [1.165, 1.54) is 18.6 Å². The van der Waals surface area contributed by atoms with Crippen molar-refractivity contribution < 1.29 is 23.9 Å². The summed E-state index contributed by atoms with van der Waals surface area (Å²) in [4.78, 5) is 43.1. The van der Waals surface area contributed by atoms with Gasteiger partial charge in [0.1, 0.15) is 0 Å². The minimum Gasteiger partial charge on any atom is -0.381 e. The summed E-state index contributed by atoms with van der Waals surface area (Å²) >= 11 is 2.04. The van der Waals surface area contributed by atoms with Gasteiger partial charge in [-0.1, -0.05) is 20.8 Å². The molecule has 12 heteroatoms. The minimum absolute atomic E-state index is 0.0160. The Hall–Kier alpha value is -1.44. The summed E-state index contributed by atoms with van der Waals surface area (Å²) in [5.74, 6) is 5.13. The van der Waals surface area contributed by atoms with Gasteiger partial charge in [-0.25, -0.2) is 0 Å². The van der Waals surface area contributed by atoms with Crippen molar-refractivity contribution in [1.29, 1.82) is 0 Å². The first-order valence-electron chi connectivity index (χ1n) is 19.8. The van der Waals surface area contributed by atoms with Crippen molar-refractivity contribution in [3.63, 3.8) is 0 Å². The van der Waals surface area contributed by atoms with Crippen LogP contribution in [-0.2, 0) is 23.9 Å². The minimum atomic E-state index is 0.0160. The van der Waals surface area contributed by atoms with E-state index in [4.69, 9.17) is 9.47 Å². The molecule has 0 spiro atoms. The molecule has 0 aromatic carbocycles. The number of thioether (sulfide) groups is 1. The fraction of sp³-hybridized carbons (Fsp3) is 0.921. The number of nitrogens with one attached hydrogen (secondary N) is 3. The van der Waals surface area contributed by atoms with Crippen molar-refractivity contribution in [2.75, 3.05) is 92.6 Å². The number of carbonyl (C=O) groups excluding carboxylic acids is 3. The average molecular weight is 723 g/mol. The second-order valence-corrected chi connectivity index (χ2v) is 17.5. The van der Waals surface area contributed by atoms with Gasteiger partial charge in [-0.15, -0.1) is 0 Å². The average Bonchev–Trinajstić information content (AvgIpc) is 3.73. The Morgan fingerprint density at radius 1 is 0.580 bits per heavy atom. The van der Waals surface area contributed by atoms with Gasteiger partial charge in [-0.05, 0) is 102 Å². The normalized spacial score (nSPS) is 34.2. The number of hydrogen-bond donors (Lipinski definition) is 3. The van der Waals surface area contributed by atoms with Crippen molar-refractivity contribution >= 4 is 29.5 Å². The van der Waals surface area contributed by atoms with Gasteiger partial charge in [-0.2, -0.15) is 11.8 Å². The Morgan fingerprint density at radius 3 is 1.38 bits per heavy atom. The van der Waals surface area contributed by atoms with Crippen LogP contribution in [0, 0.1) is 29.6 Å². The SMILES string of the molecule is CNC1CCC(C)CN(CC2CCCS2)C1=O.CNC1CCC(C)CN(CC2CCOC2)C1=O.CNC1CCC(C)CN(CC2COC2)C1=O. The first kappa shape index (κ1) is 41.3. The molecule has 0 bridgehead atoms. The molecule has 6 saturated heterocycles. The van der Waals surface area contributed by atoms with Gasteiger partial charge in [0.25, 0.3) is 0 Å². The molecule has 6 fully saturated rings. The molecule has 8 unspecified atom stereocenters. The van der Waals surface area contributed by atoms with Crippen molar-refractivity contribution in [3.8, 4) is 0 Å². The van der Waals surface area contributed by atoms with Crippen LogP contribution in [0.15, 0.2) is 0 Å². The predicted molar refractivity (Wildman–Crippen MR) is 202 cm³/mol. The zero-order valence-corrected chi connectivity index (χ0v) is 32.9. The van der Waals surface area contributed by atoms with Crippen LogP contribution in [0.4, 0.5) is 0 Å². The van der Waals surface area contributed by atoms with Crippen LogP contribution in [0.25, 0.3) is 0 Å². The number of nitrogens with zero attached hydrogens (tertiary/aromatic N) is 3. The van der Waals surface area contributed by atoms with Crippen molar-refractivity contribution in [2.45, 2.75) is 102 Å². The lowest BCUT2D eigenvalue weighted by Gasteiger charge is -2.33. The second-order valence-electron chi connectivity index (χ2n) is 16.1. The van der Waals surface area contributed by atoms with E-state index < -0.39 is 0 Å². The van der Waals surface area contributed by atoms with Gasteiger partial charge in [0, 0.05) is 63.0 Å². The highest BCUT2D eigenvalue weighted by Gasteiger charge is 2.33. The quantitative estimate of drug-likeness (QED) is 0.331. The Morgan fingerprint density at radius 2 is 1.02 bits per heavy atom. The van der Waals surface area contributed by atoms with Crippen LogP contribution < -0.4 is 16.0 Å². The van der Waals surface area contributed by atoms with Crippen molar-refractivity contribution in [1.82, 2.24) is 30.7 Å². The third-order valence-corrected chi connectivity index (χ3v) is 12.8. The van der Waals surface area contributed by atoms with Crippen LogP contribution in [0.1, 0.15) is 78.6 Å². The number of rotatable bonds is 9. The van der Waals surface area contributed by atoms with E-state index in [9.17, 15) is 14.4 Å². The topological polar surface area (TPSA) is 115 Å². The monoisotopic (exact) mass is 723 g/mol. The highest BCUT2D eigenvalue weighted by Crippen LogP contribution is 2.28. The number of likely N-dealkylation sites (tertiary alicyclic amines) is 3. The van der Waals surface area contributed by atoms with E-state index in [2.05, 4.69) is 46.5 Å². The lowest BCUT2D eigenvalue weighted by Crippen LogP contribution is -2.48. The van der Waals surface area contributed by atoms with Gasteiger partial charge in [0.05, 0.1) is 37.9 Å². The lowest BCUT2D eigenvalue weighted by atomic mass is 10.0. The summed E-state index contributed by atoms with van der Waals surface area (Å²) in [6.45, 7) is 15.5. The molecule has 0 aromatic rings. The molecule has 0 aromatic heterocycles. The molecular weight excluding hydrogens is 653 g/mol. The van der Waals surface area contributed by atoms with Gasteiger partial charge in [0.15, 0.2) is 0 Å². The highest BCUT2D eigenvalue weighted by molar-refractivity contribution is 8.00. The Balaban J connectivity index is 0.000000169. The molecule has 3 N–H and O–H groups in total. The molecule has 0 saturated carbocycles. The van der Waals surface area contributed by atoms with Crippen molar-refractivity contribution in [2.24, 2.45) is 29.6 Å². The first-order chi connectivity index (χ1) is 24.1. The Bertz CT molecular complexity index is 985. The van der Waals surface area contributed by atoms with E-state index in [1.807, 2.05) is 37.8 Å². The van der Waals surface area contributed by atoms with Gasteiger partial charge < -0.3 is 40.1 Å². The Kier molecular flexibility index (Phi) is 17.6. The molecule has 50 heavy (non-hydrogen) atoms. The molecule has 11 nitrogen and oxygen atoms in total. The maximum atomic E-state index is 12.4. The third kappa shape index (κ3) is 12.6. The molecule has 0 radical (unpaired) electrons. The maximum Gasteiger partial charge on any atom is 0.239 e. The zero-order valence-electron chi connectivity index (χ0n) is 32.1. The molecule has 288 valence electrons. The smallest absolute Gasteiger partial charge is 0.239 e. The standard InChI is InChI=1S/C13H24N2O2.C13H24N2OS.C12H22N2O2/c1-10-3-4-12(14-2)13(16)15(7-10)8-11-5-6-17-9-11;1-10-5-6-12(14-2)13(16)15(8-10)9-11-4-3-7-17-11;1-9-3-4-11(13-2)12(15)14(5-9)6-10-7-16-8-10/h2*10-12,14H,3-9H2,1-2H3;9-11,13H,3-8H2,1-2H3. The molecule has 6 aliphatic rings. The third-order valence-electron chi connectivity index (χ3n) is 11.5. The van der Waals surface area contributed by atoms with E-state index in [0.717, 1.165) is 111 Å². The number of ether oxygens (including phenoxy) is 2. The molecule has 3 amide bonds. The fourth-order valence-electron chi connectivity index (χ4n) is 8.13. The zero-order chi connectivity index (χ0) is 36.0. The van der Waals surface area contributed by atoms with Gasteiger partial charge >= 0.3 is 0 Å². The van der Waals surface area contributed by atoms with Crippen molar-refractivity contribution in [3.05, 3.63) is 0 Å². The summed E-state index contributed by atoms with van der Waals surface area (Å²) in [6, 6.07) is 0.0829. The Labute approximate surface area is 307 Å². The van der Waals surface area contributed by atoms with Crippen LogP contribution in [0.3, 0.4) is 0 Å². The molecule has 6 aliphatic heterocycles. The fourth-order valence-corrected chi connectivity index (χ4v) is 9.41. The number of carbonyl (C=O) groups is 3. The lowest BCUT2D eigenvalue weighted by molar-refractivity contribution is -0.136. The van der Waals surface area contributed by atoms with Gasteiger partial charge in [0.2, 0.25) is 17.7 Å². The van der Waals surface area contributed by atoms with Crippen LogP contribution in [0.2, 0.25) is 0 Å². The molecular formula is C38H70N6O5S. The van der Waals surface area contributed by atoms with E-state index >= 15 is 0 Å². The summed E-state index contributed by atoms with van der Waals surface area (Å²) < 4.78 is 10.6. The van der Waals surface area contributed by atoms with E-state index in [-0.39, 0.29) is 29.9 Å². The summed E-state index contributed by atoms with van der Waals surface area (Å²) in [7, 11) is 5.67. The van der Waals surface area contributed by atoms with Crippen LogP contribution in [0.5, 0.6) is 0 Å². The summed E-state index contributed by atoms with van der Waals surface area (Å²) in [5, 5.41) is 10.1. The summed E-state index contributed by atoms with van der Waals surface area (Å²) in [5.41, 5.74) is 0. The maximum absolute atomic E-state index is 12.4. The largest absolute Gasteiger partial charge is 0.381 e. The number of amides is 3. The predicted octanol–water partition coefficient (Wildman–Crippen LogP) is 3.08. The second kappa shape index (κ2) is 21.3. The number of likely N-dealkylation sites (N-methyl/N-ethyl adjacent to an activating group) is 3. The van der Waals surface area contributed by atoms with E-state index in [1.54, 1.807) is 0 Å². The molecule has 0 aliphatic carbocycles. The van der Waals surface area contributed by atoms with Crippen LogP contribution in [-0.4, -0.2) is 148 Å². The van der Waals surface area contributed by atoms with Gasteiger partial charge in [-0.3, -0.25) is 14.4 Å². The first-order valence-corrected chi connectivity index (χ1v) is 20.8. The van der Waals surface area contributed by atoms with Crippen LogP contribution >= 0.6 is 11.8 Å². The molecule has 6 heterocycles. The highest BCUT2D eigenvalue weighted by atomic mass is 32.2. The number of hydrogen-bond acceptors (Lipinski definition) is 9.